The maximum atomic E-state index is 10.0. The van der Waals surface area contributed by atoms with Gasteiger partial charge in [0, 0.05) is 17.3 Å². The van der Waals surface area contributed by atoms with Crippen molar-refractivity contribution in [2.45, 2.75) is 6.17 Å². The van der Waals surface area contributed by atoms with Gasteiger partial charge in [0.15, 0.2) is 0 Å². The molecule has 0 aromatic carbocycles. The van der Waals surface area contributed by atoms with Gasteiger partial charge in [-0.25, -0.2) is 0 Å². The van der Waals surface area contributed by atoms with Crippen LogP contribution < -0.4 is 10.6 Å². The topological polar surface area (TPSA) is 67.2 Å². The van der Waals surface area contributed by atoms with Crippen LogP contribution in [0.15, 0.2) is 0 Å². The fraction of sp³-hybridized carbons (Fsp3) is 1.00. The van der Waals surface area contributed by atoms with Gasteiger partial charge in [-0.2, -0.15) is 0 Å². The highest BCUT2D eigenvalue weighted by Gasteiger charge is 2.10. The lowest BCUT2D eigenvalue weighted by Crippen LogP contribution is -2.45. The van der Waals surface area contributed by atoms with Crippen molar-refractivity contribution in [2.24, 2.45) is 0 Å². The predicted octanol–water partition coefficient (Wildman–Crippen LogP) is -0.363. The molecule has 0 heterocycles. The normalized spacial score (nSPS) is 12.9. The molecule has 0 saturated heterocycles. The first-order chi connectivity index (χ1) is 5.20. The van der Waals surface area contributed by atoms with E-state index < -0.39 is 0 Å². The Bertz CT molecular complexity index is 122. The van der Waals surface area contributed by atoms with E-state index in [9.17, 15) is 10.1 Å². The summed E-state index contributed by atoms with van der Waals surface area (Å²) in [6.07, 6.45) is -0.288. The Balaban J connectivity index is 3.49. The zero-order valence-electron chi connectivity index (χ0n) is 6.34. The van der Waals surface area contributed by atoms with E-state index in [2.05, 4.69) is 10.6 Å². The first kappa shape index (κ1) is 10.6. The molecule has 0 aliphatic rings. The highest BCUT2D eigenvalue weighted by molar-refractivity contribution is 6.18. The Labute approximate surface area is 70.3 Å². The molecule has 0 aliphatic carbocycles. The van der Waals surface area contributed by atoms with Gasteiger partial charge in [0.1, 0.15) is 6.17 Å². The van der Waals surface area contributed by atoms with Gasteiger partial charge in [-0.1, -0.05) is 0 Å². The lowest BCUT2D eigenvalue weighted by Gasteiger charge is -2.11. The zero-order chi connectivity index (χ0) is 8.69. The molecule has 11 heavy (non-hydrogen) atoms. The van der Waals surface area contributed by atoms with Crippen molar-refractivity contribution in [1.82, 2.24) is 10.6 Å². The van der Waals surface area contributed by atoms with Crippen LogP contribution in [0.4, 0.5) is 0 Å². The van der Waals surface area contributed by atoms with E-state index in [4.69, 9.17) is 11.6 Å². The number of likely N-dealkylation sites (N-methyl/N-ethyl adjacent to an activating group) is 1. The molecular formula is C5H12ClN3O2. The molecule has 66 valence electrons. The van der Waals surface area contributed by atoms with Crippen LogP contribution in [0.1, 0.15) is 0 Å². The summed E-state index contributed by atoms with van der Waals surface area (Å²) in [6.45, 7) is 0.439. The quantitative estimate of drug-likeness (QED) is 0.254. The lowest BCUT2D eigenvalue weighted by molar-refractivity contribution is -0.484. The van der Waals surface area contributed by atoms with Gasteiger partial charge in [0.05, 0.1) is 0 Å². The minimum absolute atomic E-state index is 0.132. The fourth-order valence-corrected chi connectivity index (χ4v) is 0.745. The Morgan fingerprint density at radius 3 is 2.73 bits per heavy atom. The van der Waals surface area contributed by atoms with Gasteiger partial charge in [-0.3, -0.25) is 20.7 Å². The van der Waals surface area contributed by atoms with Crippen molar-refractivity contribution in [1.29, 1.82) is 0 Å². The molecule has 0 aromatic heterocycles. The first-order valence-electron chi connectivity index (χ1n) is 3.29. The highest BCUT2D eigenvalue weighted by atomic mass is 35.5. The van der Waals surface area contributed by atoms with E-state index in [1.807, 2.05) is 0 Å². The Morgan fingerprint density at radius 1 is 1.73 bits per heavy atom. The molecule has 0 bridgehead atoms. The maximum absolute atomic E-state index is 10.0. The molecule has 2 N–H and O–H groups in total. The molecule has 0 amide bonds. The molecule has 0 fully saturated rings. The maximum Gasteiger partial charge on any atom is 0.231 e. The summed E-state index contributed by atoms with van der Waals surface area (Å²) in [5.41, 5.74) is 0. The first-order valence-corrected chi connectivity index (χ1v) is 3.82. The van der Waals surface area contributed by atoms with E-state index >= 15 is 0 Å². The molecule has 1 atom stereocenters. The standard InChI is InChI=1S/C5H12ClN3O2/c1-7-5(4-9(10)11)8-3-2-6/h5,7-8H,2-4H2,1H3. The lowest BCUT2D eigenvalue weighted by atomic mass is 10.5. The van der Waals surface area contributed by atoms with E-state index in [-0.39, 0.29) is 17.6 Å². The number of hydrogen-bond donors (Lipinski definition) is 2. The Morgan fingerprint density at radius 2 is 2.36 bits per heavy atom. The predicted molar refractivity (Wildman–Crippen MR) is 43.4 cm³/mol. The minimum Gasteiger partial charge on any atom is -0.299 e. The molecule has 1 unspecified atom stereocenters. The number of nitrogens with one attached hydrogen (secondary N) is 2. The number of hydrogen-bond acceptors (Lipinski definition) is 4. The van der Waals surface area contributed by atoms with E-state index in [1.165, 1.54) is 0 Å². The van der Waals surface area contributed by atoms with Crippen molar-refractivity contribution >= 4 is 11.6 Å². The van der Waals surface area contributed by atoms with Crippen LogP contribution in [-0.4, -0.2) is 37.1 Å². The van der Waals surface area contributed by atoms with Crippen molar-refractivity contribution in [2.75, 3.05) is 26.0 Å². The highest BCUT2D eigenvalue weighted by Crippen LogP contribution is 1.79. The monoisotopic (exact) mass is 181 g/mol. The van der Waals surface area contributed by atoms with Gasteiger partial charge < -0.3 is 0 Å². The molecule has 0 aliphatic heterocycles. The second kappa shape index (κ2) is 6.33. The number of alkyl halides is 1. The van der Waals surface area contributed by atoms with Crippen molar-refractivity contribution in [3.8, 4) is 0 Å². The average molecular weight is 182 g/mol. The largest absolute Gasteiger partial charge is 0.299 e. The van der Waals surface area contributed by atoms with Crippen molar-refractivity contribution < 1.29 is 4.92 Å². The van der Waals surface area contributed by atoms with Gasteiger partial charge >= 0.3 is 0 Å². The second-order valence-corrected chi connectivity index (χ2v) is 2.38. The number of halogens is 1. The molecule has 0 aromatic rings. The van der Waals surface area contributed by atoms with Crippen LogP contribution in [-0.2, 0) is 0 Å². The summed E-state index contributed by atoms with van der Waals surface area (Å²) in [4.78, 5) is 9.65. The Kier molecular flexibility index (Phi) is 6.10. The van der Waals surface area contributed by atoms with Gasteiger partial charge in [-0.15, -0.1) is 11.6 Å². The number of nitro groups is 1. The SMILES string of the molecule is CNC(C[N+](=O)[O-])NCCCl. The van der Waals surface area contributed by atoms with Gasteiger partial charge in [0.2, 0.25) is 6.54 Å². The molecule has 0 saturated carbocycles. The van der Waals surface area contributed by atoms with Crippen LogP contribution >= 0.6 is 11.6 Å². The summed E-state index contributed by atoms with van der Waals surface area (Å²) >= 11 is 5.38. The molecule has 5 nitrogen and oxygen atoms in total. The third-order valence-corrected chi connectivity index (χ3v) is 1.35. The number of nitrogens with zero attached hydrogens (tertiary/aromatic N) is 1. The van der Waals surface area contributed by atoms with Crippen molar-refractivity contribution in [3.05, 3.63) is 10.1 Å². The molecular weight excluding hydrogens is 170 g/mol. The summed E-state index contributed by atoms with van der Waals surface area (Å²) in [7, 11) is 1.66. The summed E-state index contributed by atoms with van der Waals surface area (Å²) in [5.74, 6) is 0.454. The third-order valence-electron chi connectivity index (χ3n) is 1.17. The van der Waals surface area contributed by atoms with Crippen LogP contribution in [0.3, 0.4) is 0 Å². The minimum atomic E-state index is -0.373. The Hall–Kier alpha value is -0.390. The van der Waals surface area contributed by atoms with Gasteiger partial charge in [0.25, 0.3) is 0 Å². The van der Waals surface area contributed by atoms with Crippen LogP contribution in [0.5, 0.6) is 0 Å². The van der Waals surface area contributed by atoms with Gasteiger partial charge in [-0.05, 0) is 7.05 Å². The average Bonchev–Trinajstić information content (AvgIpc) is 1.97. The summed E-state index contributed by atoms with van der Waals surface area (Å²) in [5, 5.41) is 15.6. The second-order valence-electron chi connectivity index (χ2n) is 2.00. The van der Waals surface area contributed by atoms with Crippen LogP contribution in [0.2, 0.25) is 0 Å². The van der Waals surface area contributed by atoms with E-state index in [0.29, 0.717) is 12.4 Å². The summed E-state index contributed by atoms with van der Waals surface area (Å²) < 4.78 is 0. The molecule has 0 radical (unpaired) electrons. The zero-order valence-corrected chi connectivity index (χ0v) is 7.10. The molecule has 6 heteroatoms. The van der Waals surface area contributed by atoms with E-state index in [1.54, 1.807) is 7.05 Å². The van der Waals surface area contributed by atoms with Crippen LogP contribution in [0, 0.1) is 10.1 Å². The fourth-order valence-electron chi connectivity index (χ4n) is 0.636. The van der Waals surface area contributed by atoms with Crippen LogP contribution in [0.25, 0.3) is 0 Å². The smallest absolute Gasteiger partial charge is 0.231 e. The third kappa shape index (κ3) is 6.03. The summed E-state index contributed by atoms with van der Waals surface area (Å²) in [6, 6.07) is 0. The molecule has 0 rings (SSSR count). The number of rotatable bonds is 6. The van der Waals surface area contributed by atoms with Crippen molar-refractivity contribution in [3.63, 3.8) is 0 Å². The van der Waals surface area contributed by atoms with E-state index in [0.717, 1.165) is 0 Å². The molecule has 0 spiro atoms.